The molecule has 1 fully saturated rings. The lowest BCUT2D eigenvalue weighted by molar-refractivity contribution is -0.271. The van der Waals surface area contributed by atoms with Crippen LogP contribution in [0.4, 0.5) is 14.9 Å². The number of aliphatic hydroxyl groups excluding tert-OH is 3. The van der Waals surface area contributed by atoms with Gasteiger partial charge in [0.05, 0.1) is 199 Å². The largest absolute Gasteiger partial charge is 0.479 e. The van der Waals surface area contributed by atoms with E-state index in [1.54, 1.807) is 25.9 Å². The van der Waals surface area contributed by atoms with Crippen molar-refractivity contribution in [3.8, 4) is 29.0 Å². The molecule has 4 aliphatic heterocycles. The van der Waals surface area contributed by atoms with Crippen molar-refractivity contribution in [1.29, 1.82) is 0 Å². The minimum absolute atomic E-state index is 0.0280. The second kappa shape index (κ2) is 54.2. The number of carboxylic acid groups (broad SMARTS) is 1. The smallest absolute Gasteiger partial charge is 0.407 e. The van der Waals surface area contributed by atoms with E-state index in [9.17, 15) is 68.7 Å². The van der Waals surface area contributed by atoms with E-state index in [-0.39, 0.29) is 149 Å². The van der Waals surface area contributed by atoms with Crippen molar-refractivity contribution < 1.29 is 144 Å². The summed E-state index contributed by atoms with van der Waals surface area (Å²) in [5, 5.41) is 68.3. The highest BCUT2D eigenvalue weighted by atomic mass is 19.1. The van der Waals surface area contributed by atoms with Gasteiger partial charge < -0.3 is 137 Å². The van der Waals surface area contributed by atoms with Gasteiger partial charge in [-0.1, -0.05) is 55.2 Å². The van der Waals surface area contributed by atoms with Crippen LogP contribution in [-0.4, -0.2) is 292 Å². The van der Waals surface area contributed by atoms with Crippen molar-refractivity contribution in [2.75, 3.05) is 177 Å². The lowest BCUT2D eigenvalue weighted by Gasteiger charge is -2.38. The minimum atomic E-state index is -2.12. The third-order valence-electron chi connectivity index (χ3n) is 23.1. The number of rotatable bonds is 60. The molecule has 730 valence electrons. The average Bonchev–Trinajstić information content (AvgIpc) is 1.50. The van der Waals surface area contributed by atoms with Gasteiger partial charge in [-0.25, -0.2) is 23.8 Å². The fourth-order valence-corrected chi connectivity index (χ4v) is 15.8. The number of aliphatic carboxylic acids is 1. The fourth-order valence-electron chi connectivity index (χ4n) is 15.8. The van der Waals surface area contributed by atoms with Gasteiger partial charge in [-0.3, -0.25) is 28.8 Å². The number of esters is 1. The summed E-state index contributed by atoms with van der Waals surface area (Å²) in [6, 6.07) is 20.2. The molecule has 0 saturated carbocycles. The number of aryl methyl sites for hydroxylation is 1. The van der Waals surface area contributed by atoms with Gasteiger partial charge in [-0.2, -0.15) is 0 Å². The fraction of sp³-hybridized carbons (Fsp3) is 0.558. The Balaban J connectivity index is 0.613. The van der Waals surface area contributed by atoms with Crippen molar-refractivity contribution in [3.05, 3.63) is 156 Å². The zero-order valence-corrected chi connectivity index (χ0v) is 75.9. The number of hydrogen-bond acceptors (Lipinski definition) is 30. The number of anilines is 1. The maximum atomic E-state index is 15.7. The number of alkyl carbamates (subject to hydrolysis) is 1. The van der Waals surface area contributed by atoms with Crippen LogP contribution >= 0.6 is 0 Å². The third-order valence-corrected chi connectivity index (χ3v) is 23.1. The summed E-state index contributed by atoms with van der Waals surface area (Å²) in [6.07, 6.45) is -9.07. The van der Waals surface area contributed by atoms with Gasteiger partial charge in [0.25, 0.3) is 5.56 Å². The van der Waals surface area contributed by atoms with Crippen molar-refractivity contribution in [1.82, 2.24) is 36.1 Å². The maximum Gasteiger partial charge on any atom is 0.407 e. The Hall–Kier alpha value is -10.6. The van der Waals surface area contributed by atoms with Gasteiger partial charge >= 0.3 is 18.0 Å². The molecule has 38 nitrogen and oxygen atoms in total. The maximum absolute atomic E-state index is 15.7. The predicted octanol–water partition coefficient (Wildman–Crippen LogP) is 4.33. The summed E-state index contributed by atoms with van der Waals surface area (Å²) in [4.78, 5) is 129. The molecule has 8 unspecified atom stereocenters. The number of carbonyl (C=O) groups excluding carboxylic acids is 7. The van der Waals surface area contributed by atoms with E-state index in [1.165, 1.54) is 34.9 Å². The normalized spacial score (nSPS) is 18.1. The number of aliphatic hydroxyl groups is 4. The first-order chi connectivity index (χ1) is 65.1. The van der Waals surface area contributed by atoms with Gasteiger partial charge in [0.2, 0.25) is 35.8 Å². The molecule has 1 saturated heterocycles. The summed E-state index contributed by atoms with van der Waals surface area (Å²) < 4.78 is 105. The molecule has 6 aromatic rings. The summed E-state index contributed by atoms with van der Waals surface area (Å²) in [7, 11) is 1.63. The number of para-hydroxylation sites is 1. The van der Waals surface area contributed by atoms with Crippen molar-refractivity contribution >= 4 is 64.2 Å². The van der Waals surface area contributed by atoms with Gasteiger partial charge in [0, 0.05) is 91.7 Å². The van der Waals surface area contributed by atoms with Crippen LogP contribution in [0.25, 0.3) is 22.3 Å². The van der Waals surface area contributed by atoms with Gasteiger partial charge in [0.1, 0.15) is 49.1 Å². The number of aromatic nitrogens is 2. The Morgan fingerprint density at radius 2 is 1.21 bits per heavy atom. The van der Waals surface area contributed by atoms with Crippen LogP contribution in [0.5, 0.6) is 5.75 Å². The average molecular weight is 1880 g/mol. The molecule has 10 N–H and O–H groups in total. The number of cyclic esters (lactones) is 1. The molecule has 2 aromatic heterocycles. The van der Waals surface area contributed by atoms with Crippen LogP contribution in [0, 0.1) is 24.6 Å². The van der Waals surface area contributed by atoms with E-state index in [4.69, 9.17) is 80.8 Å². The number of unbranched alkanes of at least 4 members (excludes halogenated alkanes) is 2. The quantitative estimate of drug-likeness (QED) is 0.0144. The minimum Gasteiger partial charge on any atom is -0.479 e. The molecule has 5 aliphatic rings. The first kappa shape index (κ1) is 104. The topological polar surface area (TPSA) is 484 Å². The van der Waals surface area contributed by atoms with E-state index >= 15 is 4.39 Å². The number of ether oxygens (including phenoxy) is 16. The SMILES string of the molecule is CCC1(O)C(=O)OCc2c1cc1n(c2=O)Cc2c-1nc1cc(F)c(C)c3c1c2C(NC(=O)OCc1ccc(OC2OC(C(=O)O)C(O)C(O)C2O)c(CNC(=O)CCNC(=O)C(CCCCNC(=O)CCOCCOCCOCCOCCOCCOCCOCCOCCOCCOCCOCCOC)NC(=O)CCCCC(=O)N2Cc4ccccc4C#Cc4ccccc42)c1)CC3. The second-order valence-corrected chi connectivity index (χ2v) is 32.3. The zero-order chi connectivity index (χ0) is 95.1. The molecule has 6 amide bonds. The summed E-state index contributed by atoms with van der Waals surface area (Å²) in [5.41, 5.74) is 4.00. The molecule has 0 radical (unpaired) electrons. The first-order valence-electron chi connectivity index (χ1n) is 45.5. The number of carbonyl (C=O) groups is 8. The number of halogens is 1. The summed E-state index contributed by atoms with van der Waals surface area (Å²) in [5.74, 6) is 1.07. The molecule has 0 bridgehead atoms. The monoisotopic (exact) mass is 1870 g/mol. The number of nitrogens with one attached hydrogen (secondary N) is 5. The highest BCUT2D eigenvalue weighted by molar-refractivity contribution is 5.96. The Morgan fingerprint density at radius 1 is 0.619 bits per heavy atom. The van der Waals surface area contributed by atoms with Gasteiger partial charge in [-0.05, 0) is 123 Å². The van der Waals surface area contributed by atoms with Gasteiger partial charge in [0.15, 0.2) is 11.7 Å². The molecule has 1 aliphatic carbocycles. The molecule has 6 heterocycles. The van der Waals surface area contributed by atoms with Crippen LogP contribution in [0.15, 0.2) is 83.7 Å². The van der Waals surface area contributed by atoms with Crippen LogP contribution in [0.1, 0.15) is 145 Å². The molecular weight excluding hydrogens is 1750 g/mol. The third kappa shape index (κ3) is 30.0. The summed E-state index contributed by atoms with van der Waals surface area (Å²) in [6.45, 7) is 11.9. The molecule has 11 rings (SSSR count). The van der Waals surface area contributed by atoms with E-state index in [2.05, 4.69) is 38.4 Å². The number of pyridine rings is 2. The number of benzene rings is 4. The van der Waals surface area contributed by atoms with E-state index in [0.717, 1.165) is 11.1 Å². The van der Waals surface area contributed by atoms with Crippen LogP contribution in [-0.2, 0) is 149 Å². The summed E-state index contributed by atoms with van der Waals surface area (Å²) >= 11 is 0. The Kier molecular flexibility index (Phi) is 42.0. The highest BCUT2D eigenvalue weighted by Gasteiger charge is 2.49. The van der Waals surface area contributed by atoms with Gasteiger partial charge in [-0.15, -0.1) is 0 Å². The Morgan fingerprint density at radius 3 is 1.84 bits per heavy atom. The molecule has 0 spiro atoms. The van der Waals surface area contributed by atoms with Crippen molar-refractivity contribution in [2.24, 2.45) is 0 Å². The number of amides is 6. The zero-order valence-electron chi connectivity index (χ0n) is 75.9. The molecule has 134 heavy (non-hydrogen) atoms. The van der Waals surface area contributed by atoms with Crippen molar-refractivity contribution in [2.45, 2.75) is 172 Å². The standard InChI is InChI=1S/C95H123FN8O30/c1-4-95(118)70-54-76-84-68(58-104(76)90(113)69(70)60-131-93(95)116)83-72(24-23-67-61(2)71(96)55-74(101-84)82(67)83)102-94(117)132-59-62-20-25-77(133-92-87(111)85(109)86(110)88(134-92)91(114)115)66(53-62)56-99-78(105)26-29-98-89(112)73(100-80(107)18-9-10-19-81(108)103-57-65-15-6-5-13-63(65)21-22-64-14-7-8-17-75(64)103)16-11-12-28-97-79(106)27-30-120-33-34-122-37-38-124-41-42-126-45-46-128-49-50-130-52-51-129-48-47-127-44-43-125-40-39-123-36-35-121-32-31-119-3/h5-8,13-15,17,20,25,53-55,72-73,85-88,92,109-111,118H,4,9-12,16,18-19,23-24,26-52,56-60H2,1-3H3,(H,97,106)(H,98,112)(H,99,105)(H,100,107)(H,102,117)(H,114,115). The first-order valence-corrected chi connectivity index (χ1v) is 45.5. The molecular formula is C95H123FN8O30. The van der Waals surface area contributed by atoms with E-state index < -0.39 is 102 Å². The number of fused-ring (bicyclic) bond motifs is 7. The number of hydrogen-bond donors (Lipinski definition) is 10. The predicted molar refractivity (Wildman–Crippen MR) is 477 cm³/mol. The Bertz CT molecular complexity index is 5050. The second-order valence-electron chi connectivity index (χ2n) is 32.3. The Labute approximate surface area is 775 Å². The molecule has 39 heteroatoms. The van der Waals surface area contributed by atoms with Crippen LogP contribution in [0.2, 0.25) is 0 Å². The van der Waals surface area contributed by atoms with E-state index in [1.807, 2.05) is 48.5 Å². The van der Waals surface area contributed by atoms with Crippen LogP contribution in [0.3, 0.4) is 0 Å². The van der Waals surface area contributed by atoms with E-state index in [0.29, 0.717) is 215 Å². The molecule has 8 atom stereocenters. The van der Waals surface area contributed by atoms with Crippen LogP contribution < -0.4 is 41.8 Å². The van der Waals surface area contributed by atoms with Crippen molar-refractivity contribution in [3.63, 3.8) is 0 Å². The number of methoxy groups -OCH3 is 1. The number of carboxylic acids is 1. The molecule has 4 aromatic carbocycles. The lowest BCUT2D eigenvalue weighted by Crippen LogP contribution is -2.61. The number of nitrogens with zero attached hydrogens (tertiary/aromatic N) is 3. The highest BCUT2D eigenvalue weighted by Crippen LogP contribution is 2.46. The lowest BCUT2D eigenvalue weighted by atomic mass is 9.81.